The van der Waals surface area contributed by atoms with Gasteiger partial charge in [0.05, 0.1) is 12.0 Å². The van der Waals surface area contributed by atoms with Gasteiger partial charge in [0.15, 0.2) is 0 Å². The molecule has 0 aliphatic heterocycles. The SMILES string of the molecule is Cn1nnnc1SC1CCCCCC1C#N. The topological polar surface area (TPSA) is 67.4 Å². The first-order valence-corrected chi connectivity index (χ1v) is 6.48. The van der Waals surface area contributed by atoms with Crippen molar-refractivity contribution in [2.75, 3.05) is 0 Å². The maximum absolute atomic E-state index is 9.16. The van der Waals surface area contributed by atoms with Crippen LogP contribution < -0.4 is 0 Å². The van der Waals surface area contributed by atoms with Gasteiger partial charge in [-0.2, -0.15) is 5.26 Å². The largest absolute Gasteiger partial charge is 0.224 e. The summed E-state index contributed by atoms with van der Waals surface area (Å²) < 4.78 is 1.67. The highest BCUT2D eigenvalue weighted by molar-refractivity contribution is 7.99. The number of aromatic nitrogens is 4. The Kier molecular flexibility index (Phi) is 3.78. The Labute approximate surface area is 99.2 Å². The highest BCUT2D eigenvalue weighted by atomic mass is 32.2. The van der Waals surface area contributed by atoms with Gasteiger partial charge in [0, 0.05) is 12.3 Å². The lowest BCUT2D eigenvalue weighted by molar-refractivity contribution is 0.580. The highest BCUT2D eigenvalue weighted by Gasteiger charge is 2.26. The van der Waals surface area contributed by atoms with Crippen LogP contribution in [0, 0.1) is 17.2 Å². The number of tetrazole rings is 1. The molecule has 1 aromatic rings. The normalized spacial score (nSPS) is 26.0. The zero-order valence-corrected chi connectivity index (χ0v) is 10.2. The fourth-order valence-corrected chi connectivity index (χ4v) is 3.21. The predicted octanol–water partition coefficient (Wildman–Crippen LogP) is 1.77. The van der Waals surface area contributed by atoms with E-state index in [-0.39, 0.29) is 5.92 Å². The second-order valence-electron chi connectivity index (χ2n) is 4.11. The summed E-state index contributed by atoms with van der Waals surface area (Å²) in [4.78, 5) is 0. The van der Waals surface area contributed by atoms with Gasteiger partial charge in [-0.3, -0.25) is 0 Å². The molecule has 2 unspecified atom stereocenters. The summed E-state index contributed by atoms with van der Waals surface area (Å²) in [5, 5.41) is 21.7. The van der Waals surface area contributed by atoms with E-state index in [1.165, 1.54) is 19.3 Å². The number of nitriles is 1. The van der Waals surface area contributed by atoms with Crippen molar-refractivity contribution >= 4 is 11.8 Å². The molecule has 1 heterocycles. The van der Waals surface area contributed by atoms with Crippen molar-refractivity contribution in [1.29, 1.82) is 5.26 Å². The van der Waals surface area contributed by atoms with E-state index in [1.54, 1.807) is 16.4 Å². The van der Waals surface area contributed by atoms with Crippen LogP contribution >= 0.6 is 11.8 Å². The number of aryl methyl sites for hydroxylation is 1. The van der Waals surface area contributed by atoms with Gasteiger partial charge in [-0.25, -0.2) is 4.68 Å². The number of thioether (sulfide) groups is 1. The van der Waals surface area contributed by atoms with E-state index in [4.69, 9.17) is 5.26 Å². The fourth-order valence-electron chi connectivity index (χ4n) is 2.02. The van der Waals surface area contributed by atoms with Crippen molar-refractivity contribution in [1.82, 2.24) is 20.2 Å². The van der Waals surface area contributed by atoms with Crippen LogP contribution in [-0.2, 0) is 7.05 Å². The Morgan fingerprint density at radius 2 is 2.19 bits per heavy atom. The molecule has 0 aromatic carbocycles. The Morgan fingerprint density at radius 1 is 1.38 bits per heavy atom. The maximum atomic E-state index is 9.16. The Morgan fingerprint density at radius 3 is 2.88 bits per heavy atom. The van der Waals surface area contributed by atoms with Crippen molar-refractivity contribution in [3.63, 3.8) is 0 Å². The molecule has 16 heavy (non-hydrogen) atoms. The molecule has 0 amide bonds. The van der Waals surface area contributed by atoms with E-state index >= 15 is 0 Å². The quantitative estimate of drug-likeness (QED) is 0.733. The molecule has 0 bridgehead atoms. The average molecular weight is 237 g/mol. The molecule has 86 valence electrons. The number of nitrogens with zero attached hydrogens (tertiary/aromatic N) is 5. The van der Waals surface area contributed by atoms with Gasteiger partial charge < -0.3 is 0 Å². The highest BCUT2D eigenvalue weighted by Crippen LogP contribution is 2.34. The van der Waals surface area contributed by atoms with Gasteiger partial charge in [-0.05, 0) is 23.3 Å². The predicted molar refractivity (Wildman–Crippen MR) is 60.6 cm³/mol. The number of hydrogen-bond acceptors (Lipinski definition) is 5. The van der Waals surface area contributed by atoms with E-state index in [0.29, 0.717) is 5.25 Å². The summed E-state index contributed by atoms with van der Waals surface area (Å²) in [6.45, 7) is 0. The molecule has 0 radical (unpaired) electrons. The summed E-state index contributed by atoms with van der Waals surface area (Å²) >= 11 is 1.65. The van der Waals surface area contributed by atoms with Gasteiger partial charge in [0.2, 0.25) is 5.16 Å². The van der Waals surface area contributed by atoms with E-state index in [2.05, 4.69) is 21.6 Å². The molecule has 2 atom stereocenters. The lowest BCUT2D eigenvalue weighted by Crippen LogP contribution is -2.15. The maximum Gasteiger partial charge on any atom is 0.209 e. The summed E-state index contributed by atoms with van der Waals surface area (Å²) in [7, 11) is 1.83. The smallest absolute Gasteiger partial charge is 0.209 e. The Hall–Kier alpha value is -1.09. The van der Waals surface area contributed by atoms with Crippen molar-refractivity contribution < 1.29 is 0 Å². The van der Waals surface area contributed by atoms with Crippen LogP contribution in [0.4, 0.5) is 0 Å². The van der Waals surface area contributed by atoms with Gasteiger partial charge in [-0.15, -0.1) is 5.10 Å². The molecule has 0 spiro atoms. The van der Waals surface area contributed by atoms with Gasteiger partial charge in [-0.1, -0.05) is 31.0 Å². The van der Waals surface area contributed by atoms with Gasteiger partial charge in [0.25, 0.3) is 0 Å². The first-order valence-electron chi connectivity index (χ1n) is 5.60. The van der Waals surface area contributed by atoms with Crippen molar-refractivity contribution in [3.8, 4) is 6.07 Å². The van der Waals surface area contributed by atoms with E-state index < -0.39 is 0 Å². The molecule has 1 aromatic heterocycles. The van der Waals surface area contributed by atoms with E-state index in [9.17, 15) is 0 Å². The first kappa shape index (κ1) is 11.4. The molecule has 5 nitrogen and oxygen atoms in total. The molecule has 1 aliphatic carbocycles. The summed E-state index contributed by atoms with van der Waals surface area (Å²) in [6, 6.07) is 2.43. The monoisotopic (exact) mass is 237 g/mol. The fraction of sp³-hybridized carbons (Fsp3) is 0.800. The van der Waals surface area contributed by atoms with E-state index in [1.807, 2.05) is 7.05 Å². The zero-order chi connectivity index (χ0) is 11.4. The van der Waals surface area contributed by atoms with Crippen LogP contribution in [0.5, 0.6) is 0 Å². The average Bonchev–Trinajstić information content (AvgIpc) is 2.56. The molecule has 2 rings (SSSR count). The van der Waals surface area contributed by atoms with Crippen LogP contribution in [0.3, 0.4) is 0 Å². The van der Waals surface area contributed by atoms with Gasteiger partial charge >= 0.3 is 0 Å². The van der Waals surface area contributed by atoms with Gasteiger partial charge in [0.1, 0.15) is 0 Å². The zero-order valence-electron chi connectivity index (χ0n) is 9.33. The molecule has 1 aliphatic rings. The second kappa shape index (κ2) is 5.30. The third-order valence-corrected chi connectivity index (χ3v) is 4.38. The molecule has 6 heteroatoms. The standard InChI is InChI=1S/C10H15N5S/c1-15-10(12-13-14-15)16-9-6-4-2-3-5-8(9)7-11/h8-9H,2-6H2,1H3. The third kappa shape index (κ3) is 2.53. The summed E-state index contributed by atoms with van der Waals surface area (Å²) in [5.41, 5.74) is 0. The molecular formula is C10H15N5S. The molecule has 0 saturated heterocycles. The van der Waals surface area contributed by atoms with Crippen molar-refractivity contribution in [3.05, 3.63) is 0 Å². The van der Waals surface area contributed by atoms with Crippen LogP contribution in [0.25, 0.3) is 0 Å². The minimum atomic E-state index is 0.143. The summed E-state index contributed by atoms with van der Waals surface area (Å²) in [5.74, 6) is 0.143. The molecular weight excluding hydrogens is 222 g/mol. The number of rotatable bonds is 2. The van der Waals surface area contributed by atoms with Crippen LogP contribution in [0.15, 0.2) is 5.16 Å². The van der Waals surface area contributed by atoms with Crippen molar-refractivity contribution in [2.24, 2.45) is 13.0 Å². The van der Waals surface area contributed by atoms with E-state index in [0.717, 1.165) is 18.0 Å². The van der Waals surface area contributed by atoms with Crippen LogP contribution in [-0.4, -0.2) is 25.5 Å². The molecule has 0 N–H and O–H groups in total. The minimum absolute atomic E-state index is 0.143. The Bertz CT molecular complexity index is 383. The Balaban J connectivity index is 2.06. The van der Waals surface area contributed by atoms with Crippen molar-refractivity contribution in [2.45, 2.75) is 42.5 Å². The lowest BCUT2D eigenvalue weighted by atomic mass is 10.0. The summed E-state index contributed by atoms with van der Waals surface area (Å²) in [6.07, 6.45) is 5.73. The molecule has 1 fully saturated rings. The van der Waals surface area contributed by atoms with Crippen LogP contribution in [0.2, 0.25) is 0 Å². The lowest BCUT2D eigenvalue weighted by Gasteiger charge is -2.17. The first-order chi connectivity index (χ1) is 7.81. The van der Waals surface area contributed by atoms with Crippen LogP contribution in [0.1, 0.15) is 32.1 Å². The number of hydrogen-bond donors (Lipinski definition) is 0. The molecule has 1 saturated carbocycles. The second-order valence-corrected chi connectivity index (χ2v) is 5.32. The minimum Gasteiger partial charge on any atom is -0.224 e. The third-order valence-electron chi connectivity index (χ3n) is 2.96.